The van der Waals surface area contributed by atoms with E-state index in [0.717, 1.165) is 11.1 Å². The number of rotatable bonds is 2. The SMILES string of the molecule is CC1c2ccccc2-c2ccc(F)cc2N1S(=O)(=O)c1ccc(O)cc1. The van der Waals surface area contributed by atoms with E-state index in [0.29, 0.717) is 11.3 Å². The van der Waals surface area contributed by atoms with Crippen LogP contribution in [0.1, 0.15) is 18.5 Å². The second-order valence-electron chi connectivity index (χ2n) is 6.22. The fraction of sp³-hybridized carbons (Fsp3) is 0.100. The number of hydrogen-bond donors (Lipinski definition) is 1. The smallest absolute Gasteiger partial charge is 0.264 e. The lowest BCUT2D eigenvalue weighted by molar-refractivity contribution is 0.474. The highest BCUT2D eigenvalue weighted by molar-refractivity contribution is 7.92. The minimum Gasteiger partial charge on any atom is -0.508 e. The van der Waals surface area contributed by atoms with Crippen LogP contribution in [0.4, 0.5) is 10.1 Å². The van der Waals surface area contributed by atoms with Gasteiger partial charge < -0.3 is 5.11 Å². The van der Waals surface area contributed by atoms with Gasteiger partial charge in [0.1, 0.15) is 11.6 Å². The van der Waals surface area contributed by atoms with Crippen LogP contribution < -0.4 is 4.31 Å². The molecule has 3 aromatic carbocycles. The Hall–Kier alpha value is -2.86. The third-order valence-electron chi connectivity index (χ3n) is 4.64. The van der Waals surface area contributed by atoms with Gasteiger partial charge in [-0.1, -0.05) is 24.3 Å². The molecule has 4 nitrogen and oxygen atoms in total. The first kappa shape index (κ1) is 16.6. The van der Waals surface area contributed by atoms with Crippen molar-refractivity contribution >= 4 is 15.7 Å². The molecular formula is C20H16FNO3S. The summed E-state index contributed by atoms with van der Waals surface area (Å²) in [7, 11) is -3.95. The maximum absolute atomic E-state index is 14.0. The van der Waals surface area contributed by atoms with Crippen LogP contribution in [0, 0.1) is 5.82 Å². The molecule has 3 aromatic rings. The molecule has 0 amide bonds. The molecule has 1 heterocycles. The van der Waals surface area contributed by atoms with Gasteiger partial charge in [0.05, 0.1) is 16.6 Å². The lowest BCUT2D eigenvalue weighted by Gasteiger charge is -2.37. The third-order valence-corrected chi connectivity index (χ3v) is 6.54. The predicted molar refractivity (Wildman–Crippen MR) is 98.0 cm³/mol. The van der Waals surface area contributed by atoms with E-state index in [1.807, 2.05) is 24.3 Å². The Morgan fingerprint density at radius 2 is 1.65 bits per heavy atom. The second kappa shape index (κ2) is 5.85. The van der Waals surface area contributed by atoms with Gasteiger partial charge >= 0.3 is 0 Å². The number of nitrogens with zero attached hydrogens (tertiary/aromatic N) is 1. The summed E-state index contributed by atoms with van der Waals surface area (Å²) in [6.07, 6.45) is 0. The number of aromatic hydroxyl groups is 1. The van der Waals surface area contributed by atoms with E-state index in [9.17, 15) is 17.9 Å². The Labute approximate surface area is 151 Å². The van der Waals surface area contributed by atoms with Crippen molar-refractivity contribution in [2.24, 2.45) is 0 Å². The van der Waals surface area contributed by atoms with Gasteiger partial charge in [0.2, 0.25) is 0 Å². The average molecular weight is 369 g/mol. The van der Waals surface area contributed by atoms with Crippen molar-refractivity contribution in [3.63, 3.8) is 0 Å². The maximum Gasteiger partial charge on any atom is 0.264 e. The molecule has 0 fully saturated rings. The minimum atomic E-state index is -3.95. The summed E-state index contributed by atoms with van der Waals surface area (Å²) in [4.78, 5) is 0.0387. The largest absolute Gasteiger partial charge is 0.508 e. The molecule has 0 aromatic heterocycles. The zero-order valence-corrected chi connectivity index (χ0v) is 14.7. The van der Waals surface area contributed by atoms with Crippen LogP contribution in [0.25, 0.3) is 11.1 Å². The first-order chi connectivity index (χ1) is 12.4. The van der Waals surface area contributed by atoms with Crippen LogP contribution in [0.15, 0.2) is 71.6 Å². The quantitative estimate of drug-likeness (QED) is 0.725. The maximum atomic E-state index is 14.0. The number of phenols is 1. The zero-order chi connectivity index (χ0) is 18.5. The van der Waals surface area contributed by atoms with Gasteiger partial charge in [-0.3, -0.25) is 4.31 Å². The monoisotopic (exact) mass is 369 g/mol. The van der Waals surface area contributed by atoms with E-state index in [1.165, 1.54) is 40.7 Å². The van der Waals surface area contributed by atoms with Crippen molar-refractivity contribution in [3.05, 3.63) is 78.1 Å². The van der Waals surface area contributed by atoms with Crippen LogP contribution >= 0.6 is 0 Å². The van der Waals surface area contributed by atoms with Crippen molar-refractivity contribution in [2.45, 2.75) is 17.9 Å². The third kappa shape index (κ3) is 2.45. The molecule has 132 valence electrons. The first-order valence-corrected chi connectivity index (χ1v) is 9.56. The van der Waals surface area contributed by atoms with Crippen molar-refractivity contribution in [3.8, 4) is 16.9 Å². The lowest BCUT2D eigenvalue weighted by Crippen LogP contribution is -2.36. The molecule has 0 radical (unpaired) electrons. The highest BCUT2D eigenvalue weighted by Gasteiger charge is 2.36. The molecule has 6 heteroatoms. The molecule has 1 N–H and O–H groups in total. The molecular weight excluding hydrogens is 353 g/mol. The van der Waals surface area contributed by atoms with Crippen LogP contribution in [0.2, 0.25) is 0 Å². The standard InChI is InChI=1S/C20H16FNO3S/c1-13-17-4-2-3-5-18(17)19-11-6-14(21)12-20(19)22(13)26(24,25)16-9-7-15(23)8-10-16/h2-13,23H,1H3. The molecule has 1 unspecified atom stereocenters. The Morgan fingerprint density at radius 1 is 0.962 bits per heavy atom. The van der Waals surface area contributed by atoms with Gasteiger partial charge in [-0.15, -0.1) is 0 Å². The molecule has 0 spiro atoms. The number of halogens is 1. The summed E-state index contributed by atoms with van der Waals surface area (Å²) in [6.45, 7) is 1.78. The summed E-state index contributed by atoms with van der Waals surface area (Å²) in [5.41, 5.74) is 2.73. The van der Waals surface area contributed by atoms with Gasteiger partial charge in [-0.05, 0) is 60.5 Å². The van der Waals surface area contributed by atoms with E-state index in [1.54, 1.807) is 13.0 Å². The highest BCUT2D eigenvalue weighted by Crippen LogP contribution is 2.47. The molecule has 0 aliphatic carbocycles. The van der Waals surface area contributed by atoms with E-state index < -0.39 is 21.9 Å². The molecule has 0 bridgehead atoms. The summed E-state index contributed by atoms with van der Waals surface area (Å²) < 4.78 is 41.8. The molecule has 1 atom stereocenters. The summed E-state index contributed by atoms with van der Waals surface area (Å²) in [6, 6.07) is 16.5. The summed E-state index contributed by atoms with van der Waals surface area (Å²) >= 11 is 0. The minimum absolute atomic E-state index is 0.0209. The van der Waals surface area contributed by atoms with Gasteiger partial charge in [-0.25, -0.2) is 12.8 Å². The average Bonchev–Trinajstić information content (AvgIpc) is 2.62. The van der Waals surface area contributed by atoms with Crippen molar-refractivity contribution in [1.82, 2.24) is 0 Å². The Bertz CT molecular complexity index is 1090. The van der Waals surface area contributed by atoms with E-state index in [2.05, 4.69) is 0 Å². The predicted octanol–water partition coefficient (Wildman–Crippen LogP) is 4.47. The fourth-order valence-corrected chi connectivity index (χ4v) is 5.07. The number of phenolic OH excluding ortho intramolecular Hbond substituents is 1. The molecule has 0 saturated heterocycles. The highest BCUT2D eigenvalue weighted by atomic mass is 32.2. The van der Waals surface area contributed by atoms with Crippen molar-refractivity contribution in [2.75, 3.05) is 4.31 Å². The van der Waals surface area contributed by atoms with Crippen LogP contribution in [0.3, 0.4) is 0 Å². The van der Waals surface area contributed by atoms with E-state index >= 15 is 0 Å². The summed E-state index contributed by atoms with van der Waals surface area (Å²) in [5.74, 6) is -0.520. The topological polar surface area (TPSA) is 57.6 Å². The number of hydrogen-bond acceptors (Lipinski definition) is 3. The fourth-order valence-electron chi connectivity index (χ4n) is 3.43. The van der Waals surface area contributed by atoms with Crippen molar-refractivity contribution in [1.29, 1.82) is 0 Å². The molecule has 26 heavy (non-hydrogen) atoms. The lowest BCUT2D eigenvalue weighted by atomic mass is 9.90. The Kier molecular flexibility index (Phi) is 3.73. The first-order valence-electron chi connectivity index (χ1n) is 8.12. The van der Waals surface area contributed by atoms with Gasteiger partial charge in [0.25, 0.3) is 10.0 Å². The number of fused-ring (bicyclic) bond motifs is 3. The molecule has 4 rings (SSSR count). The van der Waals surface area contributed by atoms with Gasteiger partial charge in [0, 0.05) is 5.56 Å². The Morgan fingerprint density at radius 3 is 2.38 bits per heavy atom. The molecule has 1 aliphatic rings. The zero-order valence-electron chi connectivity index (χ0n) is 13.9. The summed E-state index contributed by atoms with van der Waals surface area (Å²) in [5, 5.41) is 9.45. The van der Waals surface area contributed by atoms with Crippen molar-refractivity contribution < 1.29 is 17.9 Å². The van der Waals surface area contributed by atoms with E-state index in [4.69, 9.17) is 0 Å². The number of sulfonamides is 1. The number of benzene rings is 3. The van der Waals surface area contributed by atoms with Crippen LogP contribution in [-0.4, -0.2) is 13.5 Å². The second-order valence-corrected chi connectivity index (χ2v) is 8.03. The number of anilines is 1. The van der Waals surface area contributed by atoms with E-state index in [-0.39, 0.29) is 10.6 Å². The molecule has 0 saturated carbocycles. The van der Waals surface area contributed by atoms with Crippen LogP contribution in [-0.2, 0) is 10.0 Å². The Balaban J connectivity index is 1.97. The normalized spacial score (nSPS) is 16.1. The van der Waals surface area contributed by atoms with Gasteiger partial charge in [-0.2, -0.15) is 0 Å². The molecule has 1 aliphatic heterocycles. The van der Waals surface area contributed by atoms with Crippen LogP contribution in [0.5, 0.6) is 5.75 Å². The van der Waals surface area contributed by atoms with Gasteiger partial charge in [0.15, 0.2) is 0 Å².